The van der Waals surface area contributed by atoms with Crippen LogP contribution in [0.15, 0.2) is 6.07 Å². The number of carbonyl (C=O) groups is 2. The molecule has 1 heterocycles. The molecule has 0 bridgehead atoms. The quantitative estimate of drug-likeness (QED) is 0.522. The molecule has 1 aromatic carbocycles. The molecule has 5 nitrogen and oxygen atoms in total. The van der Waals surface area contributed by atoms with Crippen LogP contribution in [0.3, 0.4) is 0 Å². The van der Waals surface area contributed by atoms with Crippen molar-refractivity contribution in [3.63, 3.8) is 0 Å². The molecule has 0 spiro atoms. The molecule has 146 valence electrons. The highest BCUT2D eigenvalue weighted by Crippen LogP contribution is 2.32. The standard InChI is InChI=1S/C18H19F3N2O3S/c1-2-26-15(25)7-6-14(24)23(10-4-3-5-10)9-13-22-17-16(21)11(19)8-12(20)18(17)27-13/h8,10H,2-7,9H2,1H3. The third-order valence-electron chi connectivity index (χ3n) is 4.55. The van der Waals surface area contributed by atoms with E-state index in [9.17, 15) is 22.8 Å². The summed E-state index contributed by atoms with van der Waals surface area (Å²) in [7, 11) is 0. The van der Waals surface area contributed by atoms with Gasteiger partial charge in [-0.1, -0.05) is 0 Å². The number of hydrogen-bond acceptors (Lipinski definition) is 5. The van der Waals surface area contributed by atoms with Crippen molar-refractivity contribution >= 4 is 33.4 Å². The summed E-state index contributed by atoms with van der Waals surface area (Å²) in [5, 5.41) is 0.324. The van der Waals surface area contributed by atoms with E-state index in [-0.39, 0.29) is 48.2 Å². The van der Waals surface area contributed by atoms with E-state index in [4.69, 9.17) is 4.74 Å². The SMILES string of the molecule is CCOC(=O)CCC(=O)N(Cc1nc2c(F)c(F)cc(F)c2s1)C1CCC1. The zero-order valence-electron chi connectivity index (χ0n) is 14.8. The molecule has 1 aliphatic rings. The fraction of sp³-hybridized carbons (Fsp3) is 0.500. The zero-order valence-corrected chi connectivity index (χ0v) is 15.6. The summed E-state index contributed by atoms with van der Waals surface area (Å²) >= 11 is 0.899. The van der Waals surface area contributed by atoms with Crippen molar-refractivity contribution in [2.75, 3.05) is 6.61 Å². The maximum absolute atomic E-state index is 13.9. The highest BCUT2D eigenvalue weighted by Gasteiger charge is 2.30. The summed E-state index contributed by atoms with van der Waals surface area (Å²) in [4.78, 5) is 29.7. The van der Waals surface area contributed by atoms with Gasteiger partial charge in [0, 0.05) is 18.5 Å². The van der Waals surface area contributed by atoms with Gasteiger partial charge in [-0.3, -0.25) is 9.59 Å². The van der Waals surface area contributed by atoms with Crippen molar-refractivity contribution in [3.05, 3.63) is 28.5 Å². The molecule has 1 saturated carbocycles. The molecular weight excluding hydrogens is 381 g/mol. The van der Waals surface area contributed by atoms with E-state index in [2.05, 4.69) is 4.98 Å². The summed E-state index contributed by atoms with van der Waals surface area (Å²) in [6.07, 6.45) is 2.61. The van der Waals surface area contributed by atoms with Crippen molar-refractivity contribution in [3.8, 4) is 0 Å². The van der Waals surface area contributed by atoms with Gasteiger partial charge in [-0.15, -0.1) is 11.3 Å². The summed E-state index contributed by atoms with van der Waals surface area (Å²) in [6.45, 7) is 2.01. The van der Waals surface area contributed by atoms with Crippen LogP contribution in [0, 0.1) is 17.5 Å². The number of amides is 1. The van der Waals surface area contributed by atoms with E-state index in [0.717, 1.165) is 30.6 Å². The van der Waals surface area contributed by atoms with Gasteiger partial charge in [-0.2, -0.15) is 0 Å². The molecular formula is C18H19F3N2O3S. The molecule has 1 aliphatic carbocycles. The number of thiazole rings is 1. The summed E-state index contributed by atoms with van der Waals surface area (Å²) in [5.41, 5.74) is -0.361. The molecule has 0 N–H and O–H groups in total. The molecule has 0 atom stereocenters. The highest BCUT2D eigenvalue weighted by atomic mass is 32.1. The Morgan fingerprint density at radius 3 is 2.63 bits per heavy atom. The van der Waals surface area contributed by atoms with Crippen molar-refractivity contribution in [1.82, 2.24) is 9.88 Å². The zero-order chi connectivity index (χ0) is 19.6. The lowest BCUT2D eigenvalue weighted by Gasteiger charge is -2.37. The van der Waals surface area contributed by atoms with E-state index >= 15 is 0 Å². The van der Waals surface area contributed by atoms with Crippen LogP contribution in [0.1, 0.15) is 44.0 Å². The van der Waals surface area contributed by atoms with Gasteiger partial charge in [0.2, 0.25) is 5.91 Å². The average molecular weight is 400 g/mol. The number of esters is 1. The van der Waals surface area contributed by atoms with E-state index in [0.29, 0.717) is 11.1 Å². The monoisotopic (exact) mass is 400 g/mol. The van der Waals surface area contributed by atoms with Gasteiger partial charge in [0.25, 0.3) is 0 Å². The number of benzene rings is 1. The molecule has 0 saturated heterocycles. The molecule has 9 heteroatoms. The van der Waals surface area contributed by atoms with Crippen LogP contribution in [0.4, 0.5) is 13.2 Å². The number of ether oxygens (including phenoxy) is 1. The number of fused-ring (bicyclic) bond motifs is 1. The van der Waals surface area contributed by atoms with Gasteiger partial charge in [0.15, 0.2) is 11.6 Å². The lowest BCUT2D eigenvalue weighted by atomic mass is 9.91. The topological polar surface area (TPSA) is 59.5 Å². The van der Waals surface area contributed by atoms with Gasteiger partial charge < -0.3 is 9.64 Å². The van der Waals surface area contributed by atoms with E-state index < -0.39 is 23.4 Å². The third kappa shape index (κ3) is 4.23. The molecule has 1 fully saturated rings. The first kappa shape index (κ1) is 19.6. The van der Waals surface area contributed by atoms with Crippen LogP contribution in [-0.2, 0) is 20.9 Å². The van der Waals surface area contributed by atoms with Gasteiger partial charge >= 0.3 is 5.97 Å². The molecule has 27 heavy (non-hydrogen) atoms. The molecule has 2 aromatic rings. The number of carbonyl (C=O) groups excluding carboxylic acids is 2. The predicted molar refractivity (Wildman–Crippen MR) is 93.6 cm³/mol. The minimum Gasteiger partial charge on any atom is -0.466 e. The van der Waals surface area contributed by atoms with E-state index in [1.165, 1.54) is 0 Å². The molecule has 0 unspecified atom stereocenters. The number of rotatable bonds is 7. The minimum absolute atomic E-state index is 0.00240. The molecule has 0 radical (unpaired) electrons. The number of nitrogens with zero attached hydrogens (tertiary/aromatic N) is 2. The fourth-order valence-electron chi connectivity index (χ4n) is 2.95. The normalized spacial score (nSPS) is 14.2. The van der Waals surface area contributed by atoms with Gasteiger partial charge in [-0.25, -0.2) is 18.2 Å². The first-order valence-corrected chi connectivity index (χ1v) is 9.60. The Kier molecular flexibility index (Phi) is 5.98. The molecule has 3 rings (SSSR count). The molecule has 1 aromatic heterocycles. The summed E-state index contributed by atoms with van der Waals surface area (Å²) < 4.78 is 45.9. The van der Waals surface area contributed by atoms with Crippen LogP contribution in [0.25, 0.3) is 10.2 Å². The Labute approximate surface area is 158 Å². The van der Waals surface area contributed by atoms with Crippen molar-refractivity contribution in [2.24, 2.45) is 0 Å². The average Bonchev–Trinajstić information content (AvgIpc) is 3.00. The molecule has 1 amide bonds. The second-order valence-electron chi connectivity index (χ2n) is 6.35. The van der Waals surface area contributed by atoms with Gasteiger partial charge in [-0.05, 0) is 26.2 Å². The van der Waals surface area contributed by atoms with Crippen LogP contribution >= 0.6 is 11.3 Å². The van der Waals surface area contributed by atoms with Crippen molar-refractivity contribution in [1.29, 1.82) is 0 Å². The van der Waals surface area contributed by atoms with Crippen LogP contribution in [0.2, 0.25) is 0 Å². The molecule has 0 aliphatic heterocycles. The first-order valence-electron chi connectivity index (χ1n) is 8.78. The number of halogens is 3. The van der Waals surface area contributed by atoms with Crippen molar-refractivity contribution < 1.29 is 27.5 Å². The lowest BCUT2D eigenvalue weighted by Crippen LogP contribution is -2.43. The third-order valence-corrected chi connectivity index (χ3v) is 5.60. The van der Waals surface area contributed by atoms with E-state index in [1.54, 1.807) is 11.8 Å². The van der Waals surface area contributed by atoms with Crippen molar-refractivity contribution in [2.45, 2.75) is 51.6 Å². The van der Waals surface area contributed by atoms with Crippen LogP contribution < -0.4 is 0 Å². The maximum Gasteiger partial charge on any atom is 0.306 e. The Balaban J connectivity index is 1.78. The number of hydrogen-bond donors (Lipinski definition) is 0. The lowest BCUT2D eigenvalue weighted by molar-refractivity contribution is -0.146. The summed E-state index contributed by atoms with van der Waals surface area (Å²) in [6, 6.07) is 0.506. The van der Waals surface area contributed by atoms with Gasteiger partial charge in [0.05, 0.1) is 24.3 Å². The largest absolute Gasteiger partial charge is 0.466 e. The number of aromatic nitrogens is 1. The first-order chi connectivity index (χ1) is 12.9. The predicted octanol–water partition coefficient (Wildman–Crippen LogP) is 3.94. The second-order valence-corrected chi connectivity index (χ2v) is 7.43. The Morgan fingerprint density at radius 1 is 1.26 bits per heavy atom. The Morgan fingerprint density at radius 2 is 2.00 bits per heavy atom. The van der Waals surface area contributed by atoms with E-state index in [1.807, 2.05) is 0 Å². The van der Waals surface area contributed by atoms with Crippen LogP contribution in [0.5, 0.6) is 0 Å². The maximum atomic E-state index is 13.9. The highest BCUT2D eigenvalue weighted by molar-refractivity contribution is 7.18. The smallest absolute Gasteiger partial charge is 0.306 e. The fourth-order valence-corrected chi connectivity index (χ4v) is 3.91. The minimum atomic E-state index is -1.29. The van der Waals surface area contributed by atoms with Gasteiger partial charge in [0.1, 0.15) is 16.3 Å². The van der Waals surface area contributed by atoms with Crippen LogP contribution in [-0.4, -0.2) is 34.4 Å². The summed E-state index contributed by atoms with van der Waals surface area (Å²) in [5.74, 6) is -4.05. The Bertz CT molecular complexity index is 867. The second kappa shape index (κ2) is 8.24. The Hall–Kier alpha value is -2.16.